The summed E-state index contributed by atoms with van der Waals surface area (Å²) < 4.78 is 5.31. The highest BCUT2D eigenvalue weighted by atomic mass is 16.6. The minimum Gasteiger partial charge on any atom is -0.444 e. The van der Waals surface area contributed by atoms with Crippen LogP contribution < -0.4 is 10.6 Å². The number of amides is 1. The number of nitrogens with zero attached hydrogens (tertiary/aromatic N) is 4. The predicted molar refractivity (Wildman–Crippen MR) is 104 cm³/mol. The Kier molecular flexibility index (Phi) is 5.83. The molecular formula is C19H23N7O2. The summed E-state index contributed by atoms with van der Waals surface area (Å²) in [7, 11) is 0. The van der Waals surface area contributed by atoms with Crippen LogP contribution in [-0.4, -0.2) is 43.4 Å². The van der Waals surface area contributed by atoms with Crippen molar-refractivity contribution in [1.29, 1.82) is 0 Å². The largest absolute Gasteiger partial charge is 0.444 e. The predicted octanol–water partition coefficient (Wildman–Crippen LogP) is 2.94. The van der Waals surface area contributed by atoms with Gasteiger partial charge in [0.25, 0.3) is 0 Å². The molecule has 9 heteroatoms. The quantitative estimate of drug-likeness (QED) is 0.601. The van der Waals surface area contributed by atoms with Crippen LogP contribution in [0.5, 0.6) is 0 Å². The maximum atomic E-state index is 12.0. The Morgan fingerprint density at radius 1 is 1.21 bits per heavy atom. The highest BCUT2D eigenvalue weighted by Crippen LogP contribution is 2.19. The Labute approximate surface area is 163 Å². The van der Waals surface area contributed by atoms with Gasteiger partial charge in [0.15, 0.2) is 5.82 Å². The van der Waals surface area contributed by atoms with E-state index in [2.05, 4.69) is 35.8 Å². The number of benzene rings is 1. The number of rotatable bonds is 6. The Bertz CT molecular complexity index is 891. The second-order valence-corrected chi connectivity index (χ2v) is 7.08. The van der Waals surface area contributed by atoms with E-state index in [1.165, 1.54) is 6.33 Å². The van der Waals surface area contributed by atoms with Crippen LogP contribution in [0.25, 0.3) is 11.5 Å². The zero-order chi connectivity index (χ0) is 20.0. The summed E-state index contributed by atoms with van der Waals surface area (Å²) in [4.78, 5) is 24.6. The van der Waals surface area contributed by atoms with Gasteiger partial charge in [0.1, 0.15) is 29.5 Å². The summed E-state index contributed by atoms with van der Waals surface area (Å²) in [6.07, 6.45) is 2.57. The summed E-state index contributed by atoms with van der Waals surface area (Å²) in [5.74, 6) is 1.02. The van der Waals surface area contributed by atoms with Crippen LogP contribution in [0.1, 0.15) is 32.6 Å². The monoisotopic (exact) mass is 381 g/mol. The normalized spacial score (nSPS) is 12.2. The topological polar surface area (TPSA) is 118 Å². The van der Waals surface area contributed by atoms with Gasteiger partial charge in [0.05, 0.1) is 0 Å². The Morgan fingerprint density at radius 3 is 2.68 bits per heavy atom. The zero-order valence-electron chi connectivity index (χ0n) is 16.0. The van der Waals surface area contributed by atoms with Gasteiger partial charge in [-0.2, -0.15) is 5.10 Å². The minimum atomic E-state index is -0.571. The van der Waals surface area contributed by atoms with Crippen LogP contribution in [0, 0.1) is 0 Å². The van der Waals surface area contributed by atoms with Gasteiger partial charge in [-0.15, -0.1) is 0 Å². The number of para-hydroxylation sites is 1. The van der Waals surface area contributed by atoms with Crippen molar-refractivity contribution in [2.45, 2.75) is 32.4 Å². The molecule has 0 aliphatic carbocycles. The van der Waals surface area contributed by atoms with E-state index < -0.39 is 11.7 Å². The van der Waals surface area contributed by atoms with Gasteiger partial charge in [-0.1, -0.05) is 18.2 Å². The molecule has 0 radical (unpaired) electrons. The first kappa shape index (κ1) is 19.3. The molecule has 0 aliphatic heterocycles. The molecular weight excluding hydrogens is 358 g/mol. The summed E-state index contributed by atoms with van der Waals surface area (Å²) in [5, 5.41) is 13.3. The van der Waals surface area contributed by atoms with Crippen molar-refractivity contribution in [2.24, 2.45) is 0 Å². The molecule has 3 rings (SSSR count). The van der Waals surface area contributed by atoms with Gasteiger partial charge >= 0.3 is 6.09 Å². The molecule has 2 heterocycles. The fraction of sp³-hybridized carbons (Fsp3) is 0.316. The molecule has 0 spiro atoms. The number of carbonyl (C=O) groups is 1. The first-order valence-corrected chi connectivity index (χ1v) is 8.88. The van der Waals surface area contributed by atoms with Gasteiger partial charge in [0.2, 0.25) is 0 Å². The summed E-state index contributed by atoms with van der Waals surface area (Å²) in [6.45, 7) is 5.70. The number of hydrogen-bond acceptors (Lipinski definition) is 7. The number of ether oxygens (including phenoxy) is 1. The molecule has 146 valence electrons. The standard InChI is InChI=1S/C19H23N7O2/c1-19(2,3)28-18(27)21-11-15(23-13-7-5-4-6-8-13)17-24-16(25-26-17)14-9-10-20-12-22-14/h4-10,12,15,23H,11H2,1-3H3,(H,21,27)(H,24,25,26). The average Bonchev–Trinajstić information content (AvgIpc) is 3.15. The number of carbonyl (C=O) groups excluding carboxylic acids is 1. The number of hydrogen-bond donors (Lipinski definition) is 3. The van der Waals surface area contributed by atoms with Crippen molar-refractivity contribution in [2.75, 3.05) is 11.9 Å². The third-order valence-electron chi connectivity index (χ3n) is 3.61. The molecule has 1 amide bonds. The lowest BCUT2D eigenvalue weighted by atomic mass is 10.2. The van der Waals surface area contributed by atoms with Gasteiger partial charge in [-0.05, 0) is 39.0 Å². The maximum Gasteiger partial charge on any atom is 0.407 e. The SMILES string of the molecule is CC(C)(C)OC(=O)NCC(Nc1ccccc1)c1nc(-c2ccncn2)n[nH]1. The second kappa shape index (κ2) is 8.47. The van der Waals surface area contributed by atoms with E-state index in [1.54, 1.807) is 12.3 Å². The van der Waals surface area contributed by atoms with Crippen LogP contribution in [0.3, 0.4) is 0 Å². The zero-order valence-corrected chi connectivity index (χ0v) is 16.0. The first-order chi connectivity index (χ1) is 13.4. The molecule has 1 unspecified atom stereocenters. The smallest absolute Gasteiger partial charge is 0.407 e. The molecule has 2 aromatic heterocycles. The van der Waals surface area contributed by atoms with Gasteiger partial charge in [-0.3, -0.25) is 5.10 Å². The van der Waals surface area contributed by atoms with Gasteiger partial charge in [0, 0.05) is 18.4 Å². The first-order valence-electron chi connectivity index (χ1n) is 8.88. The molecule has 9 nitrogen and oxygen atoms in total. The van der Waals surface area contributed by atoms with Crippen LogP contribution in [0.4, 0.5) is 10.5 Å². The lowest BCUT2D eigenvalue weighted by Gasteiger charge is -2.22. The summed E-state index contributed by atoms with van der Waals surface area (Å²) in [6, 6.07) is 11.0. The molecule has 0 bridgehead atoms. The third-order valence-corrected chi connectivity index (χ3v) is 3.61. The van der Waals surface area contributed by atoms with E-state index in [0.29, 0.717) is 17.3 Å². The fourth-order valence-corrected chi connectivity index (χ4v) is 2.42. The number of aromatic amines is 1. The van der Waals surface area contributed by atoms with Crippen molar-refractivity contribution in [3.63, 3.8) is 0 Å². The Hall–Kier alpha value is -3.49. The maximum absolute atomic E-state index is 12.0. The fourth-order valence-electron chi connectivity index (χ4n) is 2.42. The van der Waals surface area contributed by atoms with Crippen LogP contribution in [0.2, 0.25) is 0 Å². The highest BCUT2D eigenvalue weighted by Gasteiger charge is 2.21. The molecule has 3 aromatic rings. The van der Waals surface area contributed by atoms with E-state index in [9.17, 15) is 4.79 Å². The molecule has 1 aromatic carbocycles. The number of anilines is 1. The van der Waals surface area contributed by atoms with E-state index in [-0.39, 0.29) is 12.6 Å². The molecule has 0 fully saturated rings. The molecule has 28 heavy (non-hydrogen) atoms. The van der Waals surface area contributed by atoms with E-state index in [4.69, 9.17) is 4.74 Å². The number of nitrogens with one attached hydrogen (secondary N) is 3. The van der Waals surface area contributed by atoms with E-state index >= 15 is 0 Å². The van der Waals surface area contributed by atoms with E-state index in [1.807, 2.05) is 51.1 Å². The molecule has 0 saturated carbocycles. The minimum absolute atomic E-state index is 0.252. The van der Waals surface area contributed by atoms with Crippen molar-refractivity contribution >= 4 is 11.8 Å². The number of aromatic nitrogens is 5. The summed E-state index contributed by atoms with van der Waals surface area (Å²) in [5.41, 5.74) is 0.924. The Balaban J connectivity index is 1.76. The van der Waals surface area contributed by atoms with E-state index in [0.717, 1.165) is 5.69 Å². The molecule has 1 atom stereocenters. The van der Waals surface area contributed by atoms with Crippen molar-refractivity contribution in [3.05, 3.63) is 54.7 Å². The molecule has 0 saturated heterocycles. The molecule has 0 aliphatic rings. The van der Waals surface area contributed by atoms with Crippen LogP contribution in [-0.2, 0) is 4.74 Å². The number of H-pyrrole nitrogens is 1. The lowest BCUT2D eigenvalue weighted by molar-refractivity contribution is 0.0525. The van der Waals surface area contributed by atoms with Gasteiger partial charge in [-0.25, -0.2) is 19.7 Å². The molecule has 3 N–H and O–H groups in total. The number of alkyl carbamates (subject to hydrolysis) is 1. The second-order valence-electron chi connectivity index (χ2n) is 7.08. The van der Waals surface area contributed by atoms with Gasteiger partial charge < -0.3 is 15.4 Å². The Morgan fingerprint density at radius 2 is 2.00 bits per heavy atom. The average molecular weight is 381 g/mol. The van der Waals surface area contributed by atoms with Crippen LogP contribution >= 0.6 is 0 Å². The van der Waals surface area contributed by atoms with Crippen molar-refractivity contribution in [1.82, 2.24) is 30.5 Å². The summed E-state index contributed by atoms with van der Waals surface area (Å²) >= 11 is 0. The highest BCUT2D eigenvalue weighted by molar-refractivity contribution is 5.67. The third kappa shape index (κ3) is 5.50. The van der Waals surface area contributed by atoms with Crippen LogP contribution in [0.15, 0.2) is 48.9 Å². The lowest BCUT2D eigenvalue weighted by Crippen LogP contribution is -2.36. The van der Waals surface area contributed by atoms with Crippen molar-refractivity contribution < 1.29 is 9.53 Å². The van der Waals surface area contributed by atoms with Crippen molar-refractivity contribution in [3.8, 4) is 11.5 Å².